The summed E-state index contributed by atoms with van der Waals surface area (Å²) >= 11 is 4.95. The van der Waals surface area contributed by atoms with Gasteiger partial charge in [0.05, 0.1) is 0 Å². The van der Waals surface area contributed by atoms with Gasteiger partial charge in [-0.3, -0.25) is 10.1 Å². The van der Waals surface area contributed by atoms with Gasteiger partial charge in [-0.25, -0.2) is 0 Å². The predicted molar refractivity (Wildman–Crippen MR) is 52.3 cm³/mol. The molecule has 0 aliphatic carbocycles. The summed E-state index contributed by atoms with van der Waals surface area (Å²) in [5.74, 6) is 0. The molecule has 66 valence electrons. The van der Waals surface area contributed by atoms with Crippen molar-refractivity contribution in [1.29, 1.82) is 0 Å². The monoisotopic (exact) mass is 249 g/mol. The van der Waals surface area contributed by atoms with Crippen LogP contribution in [-0.2, 0) is 6.42 Å². The van der Waals surface area contributed by atoms with Crippen molar-refractivity contribution in [2.75, 3.05) is 6.54 Å². The molecule has 0 saturated heterocycles. The van der Waals surface area contributed by atoms with E-state index in [-0.39, 0.29) is 11.5 Å². The molecule has 0 radical (unpaired) electrons. The minimum Gasteiger partial charge on any atom is -0.265 e. The molecule has 12 heavy (non-hydrogen) atoms. The molecule has 1 aromatic heterocycles. The Morgan fingerprint density at radius 1 is 1.75 bits per heavy atom. The van der Waals surface area contributed by atoms with Crippen LogP contribution in [-0.4, -0.2) is 11.5 Å². The van der Waals surface area contributed by atoms with Crippen LogP contribution >= 0.6 is 27.3 Å². The second kappa shape index (κ2) is 4.00. The largest absolute Gasteiger partial charge is 0.265 e. The van der Waals surface area contributed by atoms with E-state index in [2.05, 4.69) is 15.9 Å². The summed E-state index contributed by atoms with van der Waals surface area (Å²) < 4.78 is 1.02. The number of halogens is 1. The highest BCUT2D eigenvalue weighted by Gasteiger charge is 2.07. The lowest BCUT2D eigenvalue weighted by Crippen LogP contribution is -2.02. The van der Waals surface area contributed by atoms with Crippen LogP contribution in [0, 0.1) is 17.0 Å². The van der Waals surface area contributed by atoms with E-state index < -0.39 is 0 Å². The van der Waals surface area contributed by atoms with E-state index in [9.17, 15) is 10.1 Å². The minimum atomic E-state index is -0.290. The van der Waals surface area contributed by atoms with Gasteiger partial charge < -0.3 is 0 Å². The maximum atomic E-state index is 10.1. The molecule has 1 heterocycles. The average molecular weight is 250 g/mol. The van der Waals surface area contributed by atoms with E-state index in [1.165, 1.54) is 0 Å². The fourth-order valence-electron chi connectivity index (χ4n) is 0.844. The van der Waals surface area contributed by atoms with Gasteiger partial charge in [0.25, 0.3) is 0 Å². The Hall–Kier alpha value is -0.420. The average Bonchev–Trinajstić information content (AvgIpc) is 2.30. The molecule has 0 bridgehead atoms. The molecule has 0 saturated carbocycles. The summed E-state index contributed by atoms with van der Waals surface area (Å²) in [4.78, 5) is 10.9. The molecule has 0 atom stereocenters. The molecular weight excluding hydrogens is 242 g/mol. The highest BCUT2D eigenvalue weighted by Crippen LogP contribution is 2.27. The fraction of sp³-hybridized carbons (Fsp3) is 0.429. The molecule has 0 aromatic carbocycles. The molecule has 5 heteroatoms. The molecular formula is C7H8BrNO2S. The Morgan fingerprint density at radius 2 is 2.42 bits per heavy atom. The first-order chi connectivity index (χ1) is 5.61. The molecule has 0 N–H and O–H groups in total. The van der Waals surface area contributed by atoms with Crippen molar-refractivity contribution in [2.45, 2.75) is 13.3 Å². The highest BCUT2D eigenvalue weighted by molar-refractivity contribution is 9.10. The Kier molecular flexibility index (Phi) is 3.22. The van der Waals surface area contributed by atoms with Gasteiger partial charge in [0.1, 0.15) is 0 Å². The SMILES string of the molecule is Cc1csc(CC[N+](=O)[O-])c1Br. The molecule has 0 spiro atoms. The summed E-state index contributed by atoms with van der Waals surface area (Å²) in [6.45, 7) is 1.99. The van der Waals surface area contributed by atoms with Crippen LogP contribution in [0.4, 0.5) is 0 Å². The summed E-state index contributed by atoms with van der Waals surface area (Å²) in [7, 11) is 0. The zero-order chi connectivity index (χ0) is 9.14. The fourth-order valence-corrected chi connectivity index (χ4v) is 2.50. The molecule has 1 aromatic rings. The number of aryl methyl sites for hydroxylation is 1. The Labute approximate surface area is 82.7 Å². The van der Waals surface area contributed by atoms with Gasteiger partial charge in [-0.1, -0.05) is 0 Å². The summed E-state index contributed by atoms with van der Waals surface area (Å²) in [6, 6.07) is 0. The number of rotatable bonds is 3. The van der Waals surface area contributed by atoms with Gasteiger partial charge in [-0.15, -0.1) is 11.3 Å². The van der Waals surface area contributed by atoms with Gasteiger partial charge in [0, 0.05) is 20.7 Å². The van der Waals surface area contributed by atoms with Gasteiger partial charge in [0.15, 0.2) is 0 Å². The minimum absolute atomic E-state index is 0.0125. The summed E-state index contributed by atoms with van der Waals surface area (Å²) in [6.07, 6.45) is 0.520. The second-order valence-electron chi connectivity index (χ2n) is 2.46. The van der Waals surface area contributed by atoms with E-state index in [0.29, 0.717) is 6.42 Å². The Balaban J connectivity index is 2.63. The maximum Gasteiger partial charge on any atom is 0.208 e. The van der Waals surface area contributed by atoms with E-state index in [1.54, 1.807) is 11.3 Å². The predicted octanol–water partition coefficient (Wildman–Crippen LogP) is 2.64. The van der Waals surface area contributed by atoms with Gasteiger partial charge in [-0.2, -0.15) is 0 Å². The molecule has 0 aliphatic rings. The van der Waals surface area contributed by atoms with E-state index in [4.69, 9.17) is 0 Å². The first-order valence-electron chi connectivity index (χ1n) is 3.45. The van der Waals surface area contributed by atoms with Crippen LogP contribution in [0.5, 0.6) is 0 Å². The van der Waals surface area contributed by atoms with Gasteiger partial charge in [-0.05, 0) is 33.8 Å². The zero-order valence-electron chi connectivity index (χ0n) is 6.54. The van der Waals surface area contributed by atoms with Crippen molar-refractivity contribution in [1.82, 2.24) is 0 Å². The van der Waals surface area contributed by atoms with Crippen LogP contribution in [0.25, 0.3) is 0 Å². The zero-order valence-corrected chi connectivity index (χ0v) is 8.94. The summed E-state index contributed by atoms with van der Waals surface area (Å²) in [5, 5.41) is 12.1. The van der Waals surface area contributed by atoms with Gasteiger partial charge in [0.2, 0.25) is 6.54 Å². The van der Waals surface area contributed by atoms with Crippen molar-refractivity contribution < 1.29 is 4.92 Å². The number of nitro groups is 1. The molecule has 0 amide bonds. The molecule has 0 unspecified atom stereocenters. The number of hydrogen-bond acceptors (Lipinski definition) is 3. The lowest BCUT2D eigenvalue weighted by molar-refractivity contribution is -0.479. The normalized spacial score (nSPS) is 10.2. The third-order valence-electron chi connectivity index (χ3n) is 1.49. The molecule has 3 nitrogen and oxygen atoms in total. The van der Waals surface area contributed by atoms with Gasteiger partial charge >= 0.3 is 0 Å². The van der Waals surface area contributed by atoms with Crippen LogP contribution < -0.4 is 0 Å². The van der Waals surface area contributed by atoms with Crippen molar-refractivity contribution in [2.24, 2.45) is 0 Å². The van der Waals surface area contributed by atoms with Crippen LogP contribution in [0.3, 0.4) is 0 Å². The van der Waals surface area contributed by atoms with E-state index >= 15 is 0 Å². The number of nitrogens with zero attached hydrogens (tertiary/aromatic N) is 1. The maximum absolute atomic E-state index is 10.1. The van der Waals surface area contributed by atoms with Crippen molar-refractivity contribution >= 4 is 27.3 Å². The van der Waals surface area contributed by atoms with Crippen LogP contribution in [0.2, 0.25) is 0 Å². The smallest absolute Gasteiger partial charge is 0.208 e. The van der Waals surface area contributed by atoms with Crippen LogP contribution in [0.1, 0.15) is 10.4 Å². The standard InChI is InChI=1S/C7H8BrNO2S/c1-5-4-12-6(7(5)8)2-3-9(10)11/h4H,2-3H2,1H3. The lowest BCUT2D eigenvalue weighted by atomic mass is 10.3. The summed E-state index contributed by atoms with van der Waals surface area (Å²) in [5.41, 5.74) is 1.15. The van der Waals surface area contributed by atoms with Crippen LogP contribution in [0.15, 0.2) is 9.85 Å². The van der Waals surface area contributed by atoms with Crippen molar-refractivity contribution in [3.63, 3.8) is 0 Å². The van der Waals surface area contributed by atoms with E-state index in [0.717, 1.165) is 14.9 Å². The molecule has 0 fully saturated rings. The quantitative estimate of drug-likeness (QED) is 0.611. The first-order valence-corrected chi connectivity index (χ1v) is 5.13. The Morgan fingerprint density at radius 3 is 2.83 bits per heavy atom. The highest BCUT2D eigenvalue weighted by atomic mass is 79.9. The number of thiophene rings is 1. The Bertz CT molecular complexity index is 298. The third kappa shape index (κ3) is 2.28. The first kappa shape index (κ1) is 9.67. The second-order valence-corrected chi connectivity index (χ2v) is 4.22. The lowest BCUT2D eigenvalue weighted by Gasteiger charge is -1.93. The number of hydrogen-bond donors (Lipinski definition) is 0. The van der Waals surface area contributed by atoms with E-state index in [1.807, 2.05) is 12.3 Å². The topological polar surface area (TPSA) is 43.1 Å². The van der Waals surface area contributed by atoms with Crippen molar-refractivity contribution in [3.8, 4) is 0 Å². The molecule has 0 aliphatic heterocycles. The van der Waals surface area contributed by atoms with Crippen molar-refractivity contribution in [3.05, 3.63) is 30.4 Å². The third-order valence-corrected chi connectivity index (χ3v) is 4.02. The molecule has 1 rings (SSSR count).